The molecule has 6 nitrogen and oxygen atoms in total. The van der Waals surface area contributed by atoms with Crippen LogP contribution in [0.1, 0.15) is 38.2 Å². The average molecular weight is 366 g/mol. The molecule has 1 saturated heterocycles. The fraction of sp³-hybridized carbons (Fsp3) is 0.500. The van der Waals surface area contributed by atoms with E-state index in [2.05, 4.69) is 5.32 Å². The topological polar surface area (TPSA) is 86.7 Å². The molecule has 2 N–H and O–H groups in total. The van der Waals surface area contributed by atoms with Crippen LogP contribution in [-0.2, 0) is 14.8 Å². The third-order valence-electron chi connectivity index (χ3n) is 4.08. The first-order chi connectivity index (χ1) is 11.9. The van der Waals surface area contributed by atoms with Crippen LogP contribution in [0.15, 0.2) is 35.2 Å². The number of sulfonamides is 1. The van der Waals surface area contributed by atoms with Crippen molar-refractivity contribution in [2.45, 2.75) is 43.6 Å². The molecular weight excluding hydrogens is 340 g/mol. The Kier molecular flexibility index (Phi) is 7.16. The van der Waals surface area contributed by atoms with Crippen molar-refractivity contribution in [1.82, 2.24) is 9.62 Å². The maximum absolute atomic E-state index is 12.7. The lowest BCUT2D eigenvalue weighted by atomic mass is 10.2. The Hall–Kier alpha value is -1.70. The van der Waals surface area contributed by atoms with Gasteiger partial charge in [0.2, 0.25) is 15.9 Å². The Morgan fingerprint density at radius 3 is 2.36 bits per heavy atom. The molecular formula is C18H26N2O4S. The molecule has 0 radical (unpaired) electrons. The van der Waals surface area contributed by atoms with Crippen molar-refractivity contribution in [1.29, 1.82) is 0 Å². The van der Waals surface area contributed by atoms with Gasteiger partial charge in [0.15, 0.2) is 0 Å². The van der Waals surface area contributed by atoms with Crippen LogP contribution in [-0.4, -0.2) is 49.5 Å². The van der Waals surface area contributed by atoms with Crippen LogP contribution in [0.4, 0.5) is 0 Å². The third-order valence-corrected chi connectivity index (χ3v) is 5.99. The lowest BCUT2D eigenvalue weighted by Gasteiger charge is -2.19. The summed E-state index contributed by atoms with van der Waals surface area (Å²) in [6.45, 7) is 2.94. The summed E-state index contributed by atoms with van der Waals surface area (Å²) in [4.78, 5) is 11.9. The Morgan fingerprint density at radius 1 is 1.20 bits per heavy atom. The Labute approximate surface area is 149 Å². The maximum atomic E-state index is 12.7. The fourth-order valence-corrected chi connectivity index (χ4v) is 4.18. The number of carbonyl (C=O) groups excluding carboxylic acids is 1. The first kappa shape index (κ1) is 19.6. The molecule has 2 rings (SSSR count). The molecule has 1 fully saturated rings. The minimum atomic E-state index is -3.45. The van der Waals surface area contributed by atoms with E-state index >= 15 is 0 Å². The average Bonchev–Trinajstić information content (AvgIpc) is 2.88. The molecule has 1 aliphatic heterocycles. The molecule has 0 aromatic heterocycles. The van der Waals surface area contributed by atoms with Gasteiger partial charge in [-0.2, -0.15) is 4.31 Å². The molecule has 138 valence electrons. The zero-order valence-corrected chi connectivity index (χ0v) is 15.3. The monoisotopic (exact) mass is 366 g/mol. The van der Waals surface area contributed by atoms with Crippen LogP contribution in [0.25, 0.3) is 6.08 Å². The van der Waals surface area contributed by atoms with Gasteiger partial charge in [-0.3, -0.25) is 4.79 Å². The molecule has 7 heteroatoms. The minimum absolute atomic E-state index is 0.191. The minimum Gasteiger partial charge on any atom is -0.392 e. The number of benzene rings is 1. The number of amides is 1. The highest BCUT2D eigenvalue weighted by atomic mass is 32.2. The van der Waals surface area contributed by atoms with Crippen molar-refractivity contribution in [3.63, 3.8) is 0 Å². The van der Waals surface area contributed by atoms with Crippen molar-refractivity contribution in [2.24, 2.45) is 0 Å². The third kappa shape index (κ3) is 5.95. The summed E-state index contributed by atoms with van der Waals surface area (Å²) in [6.07, 6.45) is 6.34. The van der Waals surface area contributed by atoms with Gasteiger partial charge in [-0.15, -0.1) is 0 Å². The predicted octanol–water partition coefficient (Wildman–Crippen LogP) is 1.76. The number of carbonyl (C=O) groups is 1. The van der Waals surface area contributed by atoms with E-state index in [0.29, 0.717) is 13.1 Å². The van der Waals surface area contributed by atoms with Gasteiger partial charge < -0.3 is 10.4 Å². The molecule has 1 heterocycles. The number of hydrogen-bond acceptors (Lipinski definition) is 4. The molecule has 0 aliphatic carbocycles. The van der Waals surface area contributed by atoms with Gasteiger partial charge in [0.1, 0.15) is 0 Å². The summed E-state index contributed by atoms with van der Waals surface area (Å²) in [5, 5.41) is 11.7. The van der Waals surface area contributed by atoms with Gasteiger partial charge in [0.25, 0.3) is 0 Å². The first-order valence-electron chi connectivity index (χ1n) is 8.64. The van der Waals surface area contributed by atoms with Crippen LogP contribution >= 0.6 is 0 Å². The summed E-state index contributed by atoms with van der Waals surface area (Å²) < 4.78 is 26.9. The van der Waals surface area contributed by atoms with E-state index in [1.807, 2.05) is 0 Å². The summed E-state index contributed by atoms with van der Waals surface area (Å²) in [5.74, 6) is -0.304. The van der Waals surface area contributed by atoms with Crippen LogP contribution in [0.2, 0.25) is 0 Å². The van der Waals surface area contributed by atoms with E-state index in [4.69, 9.17) is 5.11 Å². The number of hydrogen-bond donors (Lipinski definition) is 2. The molecule has 0 bridgehead atoms. The van der Waals surface area contributed by atoms with E-state index < -0.39 is 16.1 Å². The lowest BCUT2D eigenvalue weighted by Crippen LogP contribution is -2.31. The van der Waals surface area contributed by atoms with E-state index in [9.17, 15) is 13.2 Å². The van der Waals surface area contributed by atoms with Crippen LogP contribution in [0, 0.1) is 0 Å². The Morgan fingerprint density at radius 2 is 1.80 bits per heavy atom. The zero-order chi connectivity index (χ0) is 18.3. The van der Waals surface area contributed by atoms with E-state index in [1.54, 1.807) is 41.6 Å². The van der Waals surface area contributed by atoms with Gasteiger partial charge in [-0.1, -0.05) is 25.0 Å². The summed E-state index contributed by atoms with van der Waals surface area (Å²) in [6, 6.07) is 6.52. The van der Waals surface area contributed by atoms with E-state index in [1.165, 1.54) is 6.08 Å². The van der Waals surface area contributed by atoms with Crippen LogP contribution in [0.3, 0.4) is 0 Å². The largest absolute Gasteiger partial charge is 0.392 e. The summed E-state index contributed by atoms with van der Waals surface area (Å²) >= 11 is 0. The highest BCUT2D eigenvalue weighted by Gasteiger charge is 2.24. The Balaban J connectivity index is 2.02. The lowest BCUT2D eigenvalue weighted by molar-refractivity contribution is -0.116. The number of nitrogens with zero attached hydrogens (tertiary/aromatic N) is 1. The molecule has 1 atom stereocenters. The second-order valence-corrected chi connectivity index (χ2v) is 8.25. The van der Waals surface area contributed by atoms with Crippen molar-refractivity contribution < 1.29 is 18.3 Å². The molecule has 1 unspecified atom stereocenters. The SMILES string of the molecule is CC(O)CNC(=O)/C=C/c1ccc(S(=O)(=O)N2CCCCCC2)cc1. The number of nitrogens with one attached hydrogen (secondary N) is 1. The molecule has 25 heavy (non-hydrogen) atoms. The first-order valence-corrected chi connectivity index (χ1v) is 10.1. The smallest absolute Gasteiger partial charge is 0.244 e. The van der Waals surface area contributed by atoms with Crippen molar-refractivity contribution in [3.8, 4) is 0 Å². The van der Waals surface area contributed by atoms with Crippen LogP contribution in [0.5, 0.6) is 0 Å². The maximum Gasteiger partial charge on any atom is 0.244 e. The number of aliphatic hydroxyl groups is 1. The van der Waals surface area contributed by atoms with Gasteiger partial charge in [0, 0.05) is 25.7 Å². The molecule has 0 saturated carbocycles. The fourth-order valence-electron chi connectivity index (χ4n) is 2.66. The van der Waals surface area contributed by atoms with E-state index in [0.717, 1.165) is 31.2 Å². The van der Waals surface area contributed by atoms with Crippen molar-refractivity contribution in [3.05, 3.63) is 35.9 Å². The molecule has 1 aliphatic rings. The quantitative estimate of drug-likeness (QED) is 0.751. The Bertz CT molecular complexity index is 688. The van der Waals surface area contributed by atoms with Gasteiger partial charge >= 0.3 is 0 Å². The number of rotatable bonds is 6. The second-order valence-electron chi connectivity index (χ2n) is 6.31. The van der Waals surface area contributed by atoms with Gasteiger partial charge in [0.05, 0.1) is 11.0 Å². The number of aliphatic hydroxyl groups excluding tert-OH is 1. The van der Waals surface area contributed by atoms with Gasteiger partial charge in [-0.05, 0) is 43.5 Å². The molecule has 1 aromatic rings. The highest BCUT2D eigenvalue weighted by molar-refractivity contribution is 7.89. The predicted molar refractivity (Wildman–Crippen MR) is 97.4 cm³/mol. The zero-order valence-electron chi connectivity index (χ0n) is 14.5. The molecule has 1 aromatic carbocycles. The van der Waals surface area contributed by atoms with Crippen molar-refractivity contribution >= 4 is 22.0 Å². The highest BCUT2D eigenvalue weighted by Crippen LogP contribution is 2.20. The second kappa shape index (κ2) is 9.12. The van der Waals surface area contributed by atoms with Gasteiger partial charge in [-0.25, -0.2) is 8.42 Å². The molecule has 1 amide bonds. The van der Waals surface area contributed by atoms with Crippen molar-refractivity contribution in [2.75, 3.05) is 19.6 Å². The normalized spacial score (nSPS) is 18.0. The summed E-state index contributed by atoms with van der Waals surface area (Å²) in [7, 11) is -3.45. The standard InChI is InChI=1S/C18H26N2O4S/c1-15(21)14-19-18(22)11-8-16-6-9-17(10-7-16)25(23,24)20-12-4-2-3-5-13-20/h6-11,15,21H,2-5,12-14H2,1H3,(H,19,22)/b11-8+. The van der Waals surface area contributed by atoms with E-state index in [-0.39, 0.29) is 17.3 Å². The van der Waals surface area contributed by atoms with Crippen LogP contribution < -0.4 is 5.32 Å². The summed E-state index contributed by atoms with van der Waals surface area (Å²) in [5.41, 5.74) is 0.738. The molecule has 0 spiro atoms.